The van der Waals surface area contributed by atoms with E-state index in [2.05, 4.69) is 25.8 Å². The van der Waals surface area contributed by atoms with Crippen molar-refractivity contribution in [1.82, 2.24) is 30.1 Å². The van der Waals surface area contributed by atoms with Gasteiger partial charge in [0.05, 0.1) is 6.54 Å². The van der Waals surface area contributed by atoms with Crippen molar-refractivity contribution < 1.29 is 13.2 Å². The van der Waals surface area contributed by atoms with Gasteiger partial charge in [-0.3, -0.25) is 14.3 Å². The van der Waals surface area contributed by atoms with Crippen LogP contribution in [0.15, 0.2) is 29.4 Å². The number of halogens is 3. The average molecular weight is 369 g/mol. The summed E-state index contributed by atoms with van der Waals surface area (Å²) in [6, 6.07) is 5.66. The molecule has 7 nitrogen and oxygen atoms in total. The quantitative estimate of drug-likeness (QED) is 0.610. The van der Waals surface area contributed by atoms with Gasteiger partial charge < -0.3 is 10.6 Å². The maximum Gasteiger partial charge on any atom is 0.401 e. The van der Waals surface area contributed by atoms with E-state index in [4.69, 9.17) is 0 Å². The molecule has 2 N–H and O–H groups in total. The molecule has 0 aliphatic carbocycles. The van der Waals surface area contributed by atoms with Crippen molar-refractivity contribution in [3.63, 3.8) is 0 Å². The topological polar surface area (TPSA) is 69.8 Å². The van der Waals surface area contributed by atoms with Gasteiger partial charge in [0, 0.05) is 45.3 Å². The highest BCUT2D eigenvalue weighted by molar-refractivity contribution is 5.80. The Hall–Kier alpha value is -2.36. The van der Waals surface area contributed by atoms with Gasteiger partial charge >= 0.3 is 6.18 Å². The monoisotopic (exact) mass is 369 g/mol. The highest BCUT2D eigenvalue weighted by Gasteiger charge is 2.34. The third kappa shape index (κ3) is 4.84. The smallest absolute Gasteiger partial charge is 0.356 e. The Kier molecular flexibility index (Phi) is 5.60. The van der Waals surface area contributed by atoms with Crippen LogP contribution in [0.1, 0.15) is 12.2 Å². The second-order valence-corrected chi connectivity index (χ2v) is 6.27. The second-order valence-electron chi connectivity index (χ2n) is 6.27. The van der Waals surface area contributed by atoms with Gasteiger partial charge in [-0.25, -0.2) is 0 Å². The molecule has 2 aromatic heterocycles. The lowest BCUT2D eigenvalue weighted by molar-refractivity contribution is -0.143. The van der Waals surface area contributed by atoms with Gasteiger partial charge in [-0.2, -0.15) is 13.2 Å². The van der Waals surface area contributed by atoms with Crippen LogP contribution in [0.25, 0.3) is 5.65 Å². The number of alkyl halides is 3. The van der Waals surface area contributed by atoms with E-state index in [0.717, 1.165) is 11.5 Å². The predicted octanol–water partition coefficient (Wildman–Crippen LogP) is 1.07. The van der Waals surface area contributed by atoms with Crippen molar-refractivity contribution in [3.05, 3.63) is 30.2 Å². The summed E-state index contributed by atoms with van der Waals surface area (Å²) in [5.74, 6) is 1.42. The van der Waals surface area contributed by atoms with Crippen LogP contribution in [0.4, 0.5) is 13.2 Å². The molecule has 3 heterocycles. The van der Waals surface area contributed by atoms with E-state index < -0.39 is 12.7 Å². The summed E-state index contributed by atoms with van der Waals surface area (Å²) in [6.45, 7) is 0.514. The second kappa shape index (κ2) is 7.90. The highest BCUT2D eigenvalue weighted by atomic mass is 19.4. The van der Waals surface area contributed by atoms with E-state index in [1.54, 1.807) is 7.05 Å². The maximum absolute atomic E-state index is 12.5. The summed E-state index contributed by atoms with van der Waals surface area (Å²) in [4.78, 5) is 5.55. The third-order valence-electron chi connectivity index (χ3n) is 4.27. The number of aromatic nitrogens is 3. The summed E-state index contributed by atoms with van der Waals surface area (Å²) in [6.07, 6.45) is -0.941. The van der Waals surface area contributed by atoms with E-state index in [9.17, 15) is 13.2 Å². The Labute approximate surface area is 149 Å². The molecule has 1 saturated heterocycles. The average Bonchev–Trinajstić information content (AvgIpc) is 3.19. The highest BCUT2D eigenvalue weighted by Crippen LogP contribution is 2.19. The molecule has 1 atom stereocenters. The van der Waals surface area contributed by atoms with Crippen molar-refractivity contribution in [3.8, 4) is 0 Å². The molecule has 3 rings (SSSR count). The van der Waals surface area contributed by atoms with Gasteiger partial charge in [-0.05, 0) is 18.6 Å². The molecule has 0 aromatic carbocycles. The molecule has 142 valence electrons. The van der Waals surface area contributed by atoms with E-state index in [1.807, 2.05) is 28.8 Å². The predicted molar refractivity (Wildman–Crippen MR) is 92.1 cm³/mol. The molecule has 0 amide bonds. The molecule has 10 heteroatoms. The lowest BCUT2D eigenvalue weighted by Gasteiger charge is -2.19. The van der Waals surface area contributed by atoms with Crippen LogP contribution in [-0.2, 0) is 6.42 Å². The van der Waals surface area contributed by atoms with Gasteiger partial charge in [0.1, 0.15) is 5.82 Å². The van der Waals surface area contributed by atoms with Gasteiger partial charge in [0.2, 0.25) is 0 Å². The van der Waals surface area contributed by atoms with Crippen LogP contribution in [0.5, 0.6) is 0 Å². The summed E-state index contributed by atoms with van der Waals surface area (Å²) in [5, 5.41) is 14.6. The van der Waals surface area contributed by atoms with Crippen molar-refractivity contribution in [2.75, 3.05) is 33.2 Å². The van der Waals surface area contributed by atoms with Gasteiger partial charge in [0.25, 0.3) is 0 Å². The van der Waals surface area contributed by atoms with Crippen LogP contribution in [0.2, 0.25) is 0 Å². The van der Waals surface area contributed by atoms with E-state index in [1.165, 1.54) is 4.90 Å². The molecule has 1 aliphatic heterocycles. The molecule has 1 unspecified atom stereocenters. The fourth-order valence-corrected chi connectivity index (χ4v) is 3.09. The molecule has 1 aliphatic rings. The molecule has 0 spiro atoms. The third-order valence-corrected chi connectivity index (χ3v) is 4.27. The van der Waals surface area contributed by atoms with Crippen LogP contribution in [0.3, 0.4) is 0 Å². The van der Waals surface area contributed by atoms with Crippen molar-refractivity contribution in [1.29, 1.82) is 0 Å². The number of nitrogens with zero attached hydrogens (tertiary/aromatic N) is 5. The lowest BCUT2D eigenvalue weighted by atomic mass is 10.3. The molecule has 0 radical (unpaired) electrons. The number of nitrogens with one attached hydrogen (secondary N) is 2. The molecular formula is C16H22F3N7. The zero-order valence-electron chi connectivity index (χ0n) is 14.5. The Bertz CT molecular complexity index is 756. The minimum atomic E-state index is -4.16. The summed E-state index contributed by atoms with van der Waals surface area (Å²) in [5.41, 5.74) is 0.792. The van der Waals surface area contributed by atoms with Crippen LogP contribution < -0.4 is 10.6 Å². The van der Waals surface area contributed by atoms with Crippen LogP contribution >= 0.6 is 0 Å². The summed E-state index contributed by atoms with van der Waals surface area (Å²) < 4.78 is 39.3. The Morgan fingerprint density at radius 3 is 2.96 bits per heavy atom. The first-order valence-corrected chi connectivity index (χ1v) is 8.49. The van der Waals surface area contributed by atoms with Gasteiger partial charge in [0.15, 0.2) is 11.6 Å². The number of aliphatic imine (C=N–C) groups is 1. The standard InChI is InChI=1S/C16H22F3N7/c1-20-15(22-12-6-9-25(10-12)11-16(17,18)19)21-7-5-14-24-23-13-4-2-3-8-26(13)14/h2-4,8,12H,5-7,9-11H2,1H3,(H2,20,21,22). The first-order chi connectivity index (χ1) is 12.4. The SMILES string of the molecule is CN=C(NCCc1nnc2ccccn12)NC1CCN(CC(F)(F)F)C1. The molecule has 0 bridgehead atoms. The van der Waals surface area contributed by atoms with E-state index >= 15 is 0 Å². The first-order valence-electron chi connectivity index (χ1n) is 8.49. The molecule has 1 fully saturated rings. The Morgan fingerprint density at radius 1 is 1.35 bits per heavy atom. The van der Waals surface area contributed by atoms with E-state index in [0.29, 0.717) is 38.4 Å². The number of pyridine rings is 1. The normalized spacial score (nSPS) is 19.2. The fraction of sp³-hybridized carbons (Fsp3) is 0.562. The Morgan fingerprint density at radius 2 is 2.19 bits per heavy atom. The van der Waals surface area contributed by atoms with Crippen molar-refractivity contribution >= 4 is 11.6 Å². The molecule has 26 heavy (non-hydrogen) atoms. The number of hydrogen-bond acceptors (Lipinski definition) is 4. The zero-order chi connectivity index (χ0) is 18.6. The van der Waals surface area contributed by atoms with Crippen LogP contribution in [-0.4, -0.2) is 70.9 Å². The first kappa shape index (κ1) is 18.4. The number of guanidine groups is 1. The van der Waals surface area contributed by atoms with Crippen LogP contribution in [0, 0.1) is 0 Å². The van der Waals surface area contributed by atoms with Gasteiger partial charge in [-0.1, -0.05) is 6.07 Å². The summed E-state index contributed by atoms with van der Waals surface area (Å²) in [7, 11) is 1.64. The maximum atomic E-state index is 12.5. The number of fused-ring (bicyclic) bond motifs is 1. The molecule has 2 aromatic rings. The van der Waals surface area contributed by atoms with Gasteiger partial charge in [-0.15, -0.1) is 10.2 Å². The number of hydrogen-bond donors (Lipinski definition) is 2. The van der Waals surface area contributed by atoms with Crippen molar-refractivity contribution in [2.24, 2.45) is 4.99 Å². The zero-order valence-corrected chi connectivity index (χ0v) is 14.5. The summed E-state index contributed by atoms with van der Waals surface area (Å²) >= 11 is 0. The molecule has 0 saturated carbocycles. The fourth-order valence-electron chi connectivity index (χ4n) is 3.09. The van der Waals surface area contributed by atoms with E-state index in [-0.39, 0.29) is 6.04 Å². The minimum absolute atomic E-state index is 0.0440. The van der Waals surface area contributed by atoms with Crippen molar-refractivity contribution in [2.45, 2.75) is 25.1 Å². The Balaban J connectivity index is 1.45. The number of rotatable bonds is 5. The molecular weight excluding hydrogens is 347 g/mol. The largest absolute Gasteiger partial charge is 0.401 e. The minimum Gasteiger partial charge on any atom is -0.356 e. The number of likely N-dealkylation sites (tertiary alicyclic amines) is 1. The lowest BCUT2D eigenvalue weighted by Crippen LogP contribution is -2.45.